The fourth-order valence-electron chi connectivity index (χ4n) is 3.60. The summed E-state index contributed by atoms with van der Waals surface area (Å²) in [6, 6.07) is 0. The van der Waals surface area contributed by atoms with Gasteiger partial charge in [0, 0.05) is 5.57 Å². The Bertz CT molecular complexity index is 384. The zero-order valence-corrected chi connectivity index (χ0v) is 20.4. The Morgan fingerprint density at radius 2 is 1.14 bits per heavy atom. The molecule has 0 saturated carbocycles. The molecule has 0 spiro atoms. The Hall–Kier alpha value is -0.790. The van der Waals surface area contributed by atoms with Gasteiger partial charge in [-0.3, -0.25) is 0 Å². The normalized spacial score (nSPS) is 12.0. The van der Waals surface area contributed by atoms with E-state index in [0.717, 1.165) is 18.4 Å². The first kappa shape index (κ1) is 28.2. The molecular weight excluding hydrogens is 356 g/mol. The van der Waals surface area contributed by atoms with Crippen molar-refractivity contribution in [1.82, 2.24) is 0 Å². The van der Waals surface area contributed by atoms with Gasteiger partial charge in [-0.1, -0.05) is 123 Å². The second-order valence-electron chi connectivity index (χ2n) is 9.30. The van der Waals surface area contributed by atoms with Crippen molar-refractivity contribution in [2.24, 2.45) is 5.92 Å². The van der Waals surface area contributed by atoms with E-state index in [2.05, 4.69) is 26.8 Å². The molecule has 2 heteroatoms. The highest BCUT2D eigenvalue weighted by Crippen LogP contribution is 2.14. The molecule has 0 fully saturated rings. The van der Waals surface area contributed by atoms with Gasteiger partial charge < -0.3 is 4.74 Å². The lowest BCUT2D eigenvalue weighted by atomic mass is 10.0. The highest BCUT2D eigenvalue weighted by molar-refractivity contribution is 5.87. The van der Waals surface area contributed by atoms with E-state index in [0.29, 0.717) is 12.5 Å². The molecular formula is C27H52O2. The van der Waals surface area contributed by atoms with E-state index in [4.69, 9.17) is 4.74 Å². The first-order valence-electron chi connectivity index (χ1n) is 12.9. The van der Waals surface area contributed by atoms with Gasteiger partial charge in [0.1, 0.15) is 0 Å². The molecule has 0 bridgehead atoms. The fraction of sp³-hybridized carbons (Fsp3) is 0.889. The average molecular weight is 409 g/mol. The first-order valence-corrected chi connectivity index (χ1v) is 12.9. The van der Waals surface area contributed by atoms with Crippen LogP contribution in [-0.4, -0.2) is 12.6 Å². The van der Waals surface area contributed by atoms with E-state index in [1.54, 1.807) is 0 Å². The van der Waals surface area contributed by atoms with Gasteiger partial charge in [0.05, 0.1) is 6.61 Å². The number of carbonyl (C=O) groups excluding carboxylic acids is 1. The van der Waals surface area contributed by atoms with Gasteiger partial charge in [-0.15, -0.1) is 0 Å². The van der Waals surface area contributed by atoms with Crippen molar-refractivity contribution in [2.45, 2.75) is 143 Å². The Kier molecular flexibility index (Phi) is 21.3. The molecule has 0 rings (SSSR count). The van der Waals surface area contributed by atoms with Crippen molar-refractivity contribution in [2.75, 3.05) is 6.61 Å². The van der Waals surface area contributed by atoms with Gasteiger partial charge in [-0.2, -0.15) is 0 Å². The smallest absolute Gasteiger partial charge is 0.333 e. The Labute approximate surface area is 183 Å². The van der Waals surface area contributed by atoms with E-state index >= 15 is 0 Å². The van der Waals surface area contributed by atoms with Crippen LogP contribution in [0.1, 0.15) is 143 Å². The number of hydrogen-bond acceptors (Lipinski definition) is 2. The average Bonchev–Trinajstić information content (AvgIpc) is 2.69. The number of ether oxygens (including phenoxy) is 1. The maximum absolute atomic E-state index is 11.8. The third-order valence-electron chi connectivity index (χ3n) is 5.76. The molecule has 0 atom stereocenters. The Morgan fingerprint density at radius 1 is 0.724 bits per heavy atom. The Morgan fingerprint density at radius 3 is 1.55 bits per heavy atom. The topological polar surface area (TPSA) is 26.3 Å². The predicted octanol–water partition coefficient (Wildman–Crippen LogP) is 9.17. The SMILES string of the molecule is CCCCCCCCCCCCCCCCCCC=C(C)C(=O)OCCC(C)C. The molecule has 0 aliphatic carbocycles. The quantitative estimate of drug-likeness (QED) is 0.107. The lowest BCUT2D eigenvalue weighted by molar-refractivity contribution is -0.139. The molecule has 0 heterocycles. The van der Waals surface area contributed by atoms with Crippen molar-refractivity contribution in [1.29, 1.82) is 0 Å². The maximum Gasteiger partial charge on any atom is 0.333 e. The zero-order valence-electron chi connectivity index (χ0n) is 20.4. The maximum atomic E-state index is 11.8. The van der Waals surface area contributed by atoms with Crippen LogP contribution in [0.25, 0.3) is 0 Å². The van der Waals surface area contributed by atoms with E-state index in [-0.39, 0.29) is 5.97 Å². The molecule has 0 aromatic carbocycles. The molecule has 29 heavy (non-hydrogen) atoms. The first-order chi connectivity index (χ1) is 14.1. The largest absolute Gasteiger partial charge is 0.462 e. The summed E-state index contributed by atoms with van der Waals surface area (Å²) in [6.45, 7) is 9.00. The molecule has 0 aromatic heterocycles. The standard InChI is InChI=1S/C27H52O2/c1-5-6-7-8-9-10-11-12-13-14-15-16-17-18-19-20-21-22-26(4)27(28)29-24-23-25(2)3/h22,25H,5-21,23-24H2,1-4H3. The second-order valence-corrected chi connectivity index (χ2v) is 9.30. The minimum absolute atomic E-state index is 0.137. The van der Waals surface area contributed by atoms with E-state index < -0.39 is 0 Å². The molecule has 0 unspecified atom stereocenters. The van der Waals surface area contributed by atoms with Crippen molar-refractivity contribution in [3.05, 3.63) is 11.6 Å². The van der Waals surface area contributed by atoms with Gasteiger partial charge in [0.25, 0.3) is 0 Å². The molecule has 0 amide bonds. The molecule has 2 nitrogen and oxygen atoms in total. The Balaban J connectivity index is 3.31. The number of allylic oxidation sites excluding steroid dienone is 1. The highest BCUT2D eigenvalue weighted by atomic mass is 16.5. The van der Waals surface area contributed by atoms with Gasteiger partial charge >= 0.3 is 5.97 Å². The summed E-state index contributed by atoms with van der Waals surface area (Å²) >= 11 is 0. The number of carbonyl (C=O) groups is 1. The molecule has 172 valence electrons. The van der Waals surface area contributed by atoms with E-state index in [9.17, 15) is 4.79 Å². The van der Waals surface area contributed by atoms with Crippen LogP contribution in [0.2, 0.25) is 0 Å². The van der Waals surface area contributed by atoms with Crippen LogP contribution < -0.4 is 0 Å². The summed E-state index contributed by atoms with van der Waals surface area (Å²) in [6.07, 6.45) is 26.3. The van der Waals surface area contributed by atoms with E-state index in [1.807, 2.05) is 6.92 Å². The second kappa shape index (κ2) is 21.9. The van der Waals surface area contributed by atoms with Crippen molar-refractivity contribution < 1.29 is 9.53 Å². The molecule has 0 aliphatic rings. The minimum atomic E-state index is -0.137. The van der Waals surface area contributed by atoms with Crippen LogP contribution in [0.4, 0.5) is 0 Å². The molecule has 0 radical (unpaired) electrons. The summed E-state index contributed by atoms with van der Waals surface area (Å²) in [5.41, 5.74) is 0.773. The monoisotopic (exact) mass is 408 g/mol. The lowest BCUT2D eigenvalue weighted by Crippen LogP contribution is -2.08. The van der Waals surface area contributed by atoms with Crippen LogP contribution in [0.15, 0.2) is 11.6 Å². The van der Waals surface area contributed by atoms with Crippen molar-refractivity contribution >= 4 is 5.97 Å². The molecule has 0 aromatic rings. The number of rotatable bonds is 21. The number of esters is 1. The van der Waals surface area contributed by atoms with Crippen molar-refractivity contribution in [3.8, 4) is 0 Å². The van der Waals surface area contributed by atoms with Gasteiger partial charge in [0.2, 0.25) is 0 Å². The van der Waals surface area contributed by atoms with Gasteiger partial charge in [0.15, 0.2) is 0 Å². The molecule has 0 aliphatic heterocycles. The minimum Gasteiger partial charge on any atom is -0.462 e. The summed E-state index contributed by atoms with van der Waals surface area (Å²) in [7, 11) is 0. The predicted molar refractivity (Wildman–Crippen MR) is 128 cm³/mol. The molecule has 0 N–H and O–H groups in total. The fourth-order valence-corrected chi connectivity index (χ4v) is 3.60. The lowest BCUT2D eigenvalue weighted by Gasteiger charge is -2.07. The van der Waals surface area contributed by atoms with Crippen LogP contribution in [0.3, 0.4) is 0 Å². The van der Waals surface area contributed by atoms with Crippen LogP contribution in [0, 0.1) is 5.92 Å². The van der Waals surface area contributed by atoms with Gasteiger partial charge in [-0.25, -0.2) is 4.79 Å². The summed E-state index contributed by atoms with van der Waals surface area (Å²) in [5, 5.41) is 0. The third kappa shape index (κ3) is 21.7. The van der Waals surface area contributed by atoms with Gasteiger partial charge in [-0.05, 0) is 32.1 Å². The van der Waals surface area contributed by atoms with Crippen LogP contribution >= 0.6 is 0 Å². The summed E-state index contributed by atoms with van der Waals surface area (Å²) in [4.78, 5) is 11.8. The summed E-state index contributed by atoms with van der Waals surface area (Å²) < 4.78 is 5.29. The molecule has 0 saturated heterocycles. The van der Waals surface area contributed by atoms with E-state index in [1.165, 1.54) is 103 Å². The van der Waals surface area contributed by atoms with Crippen molar-refractivity contribution in [3.63, 3.8) is 0 Å². The highest BCUT2D eigenvalue weighted by Gasteiger charge is 2.05. The summed E-state index contributed by atoms with van der Waals surface area (Å²) in [5.74, 6) is 0.444. The third-order valence-corrected chi connectivity index (χ3v) is 5.76. The van der Waals surface area contributed by atoms with Crippen LogP contribution in [-0.2, 0) is 9.53 Å². The van der Waals surface area contributed by atoms with Crippen LogP contribution in [0.5, 0.6) is 0 Å². The number of unbranched alkanes of at least 4 members (excludes halogenated alkanes) is 16. The zero-order chi connectivity index (χ0) is 21.6. The number of hydrogen-bond donors (Lipinski definition) is 0.